The Morgan fingerprint density at radius 1 is 0.389 bits per heavy atom. The first-order valence-electron chi connectivity index (χ1n) is 7.05. The minimum absolute atomic E-state index is 1.75. The molecule has 36 heavy (non-hydrogen) atoms. The molecule has 0 aliphatic rings. The summed E-state index contributed by atoms with van der Waals surface area (Å²) in [5, 5.41) is 0. The maximum Gasteiger partial charge on any atom is 0.673 e. The van der Waals surface area contributed by atoms with E-state index in [0.29, 0.717) is 0 Å². The first-order chi connectivity index (χ1) is 14.9. The molecule has 1 aromatic rings. The minimum atomic E-state index is -6.00. The molecular formula is C4H6B6F24N2-6. The molecule has 0 aromatic carbocycles. The molecule has 224 valence electrons. The Morgan fingerprint density at radius 2 is 0.528 bits per heavy atom. The first kappa shape index (κ1) is 47.2. The van der Waals surface area contributed by atoms with Crippen LogP contribution in [0.4, 0.5) is 104 Å². The van der Waals surface area contributed by atoms with Crippen molar-refractivity contribution in [1.82, 2.24) is 9.55 Å². The van der Waals surface area contributed by atoms with Crippen molar-refractivity contribution in [2.75, 3.05) is 0 Å². The van der Waals surface area contributed by atoms with Crippen LogP contribution in [-0.4, -0.2) is 53.1 Å². The number of hydrogen-bond acceptors (Lipinski definition) is 1. The maximum atomic E-state index is 9.75. The van der Waals surface area contributed by atoms with Crippen LogP contribution in [0.2, 0.25) is 0 Å². The predicted molar refractivity (Wildman–Crippen MR) is 84.3 cm³/mol. The largest absolute Gasteiger partial charge is 0.673 e. The van der Waals surface area contributed by atoms with Crippen LogP contribution in [0.15, 0.2) is 18.7 Å². The van der Waals surface area contributed by atoms with Crippen LogP contribution in [0.1, 0.15) is 0 Å². The summed E-state index contributed by atoms with van der Waals surface area (Å²) >= 11 is 0. The zero-order valence-corrected chi connectivity index (χ0v) is 16.2. The van der Waals surface area contributed by atoms with Gasteiger partial charge in [0.2, 0.25) is 0 Å². The number of aromatic nitrogens is 2. The number of aryl methyl sites for hydroxylation is 1. The highest BCUT2D eigenvalue weighted by Crippen LogP contribution is 2.09. The second kappa shape index (κ2) is 20.0. The Kier molecular flexibility index (Phi) is 26.2. The van der Waals surface area contributed by atoms with Gasteiger partial charge in [-0.1, -0.05) is 0 Å². The van der Waals surface area contributed by atoms with Gasteiger partial charge in [0.25, 0.3) is 0 Å². The van der Waals surface area contributed by atoms with Crippen molar-refractivity contribution >= 4 is 43.5 Å². The van der Waals surface area contributed by atoms with Gasteiger partial charge >= 0.3 is 43.5 Å². The molecule has 0 unspecified atom stereocenters. The fourth-order valence-corrected chi connectivity index (χ4v) is 0.326. The van der Waals surface area contributed by atoms with Crippen molar-refractivity contribution in [2.45, 2.75) is 0 Å². The molecule has 0 saturated heterocycles. The smallest absolute Gasteiger partial charge is 0.418 e. The lowest BCUT2D eigenvalue weighted by Crippen LogP contribution is -2.02. The monoisotopic (exact) mass is 604 g/mol. The number of halogens is 24. The second-order valence-electron chi connectivity index (χ2n) is 4.20. The van der Waals surface area contributed by atoms with Crippen LogP contribution in [0.3, 0.4) is 0 Å². The third-order valence-electron chi connectivity index (χ3n) is 0.637. The Hall–Kier alpha value is -2.08. The number of hydrogen-bond donors (Lipinski definition) is 0. The topological polar surface area (TPSA) is 17.8 Å². The number of imidazole rings is 1. The zero-order chi connectivity index (χ0) is 31.4. The van der Waals surface area contributed by atoms with E-state index >= 15 is 0 Å². The van der Waals surface area contributed by atoms with Gasteiger partial charge in [0, 0.05) is 19.4 Å². The summed E-state index contributed by atoms with van der Waals surface area (Å²) in [5.41, 5.74) is 0. The van der Waals surface area contributed by atoms with E-state index in [1.807, 2.05) is 17.8 Å². The van der Waals surface area contributed by atoms with Gasteiger partial charge in [0.15, 0.2) is 0 Å². The van der Waals surface area contributed by atoms with Gasteiger partial charge in [-0.05, 0) is 0 Å². The number of rotatable bonds is 0. The Labute approximate surface area is 184 Å². The Morgan fingerprint density at radius 3 is 0.556 bits per heavy atom. The third-order valence-corrected chi connectivity index (χ3v) is 0.637. The molecule has 1 heterocycles. The lowest BCUT2D eigenvalue weighted by Gasteiger charge is -1.94. The van der Waals surface area contributed by atoms with Gasteiger partial charge in [-0.15, -0.1) is 0 Å². The fourth-order valence-electron chi connectivity index (χ4n) is 0.326. The van der Waals surface area contributed by atoms with E-state index in [2.05, 4.69) is 4.98 Å². The zero-order valence-electron chi connectivity index (χ0n) is 16.2. The highest BCUT2D eigenvalue weighted by molar-refractivity contribution is 6.51. The van der Waals surface area contributed by atoms with Crippen molar-refractivity contribution in [3.8, 4) is 0 Å². The van der Waals surface area contributed by atoms with Crippen molar-refractivity contribution in [3.05, 3.63) is 18.7 Å². The molecule has 1 rings (SSSR count). The average molecular weight is 603 g/mol. The van der Waals surface area contributed by atoms with Gasteiger partial charge in [0.05, 0.1) is 6.33 Å². The van der Waals surface area contributed by atoms with Crippen molar-refractivity contribution < 1.29 is 104 Å². The maximum absolute atomic E-state index is 9.75. The van der Waals surface area contributed by atoms with Gasteiger partial charge in [-0.2, -0.15) is 0 Å². The van der Waals surface area contributed by atoms with Crippen LogP contribution >= 0.6 is 0 Å². The van der Waals surface area contributed by atoms with Crippen LogP contribution in [-0.2, 0) is 7.05 Å². The van der Waals surface area contributed by atoms with E-state index in [1.54, 1.807) is 12.5 Å². The molecule has 0 radical (unpaired) electrons. The molecule has 2 nitrogen and oxygen atoms in total. The summed E-state index contributed by atoms with van der Waals surface area (Å²) in [4.78, 5) is 3.78. The molecule has 0 bridgehead atoms. The van der Waals surface area contributed by atoms with Crippen molar-refractivity contribution in [3.63, 3.8) is 0 Å². The summed E-state index contributed by atoms with van der Waals surface area (Å²) in [6.45, 7) is 0. The lowest BCUT2D eigenvalue weighted by atomic mass is 10.3. The Bertz CT molecular complexity index is 433. The summed E-state index contributed by atoms with van der Waals surface area (Å²) in [6.07, 6.45) is 5.39. The van der Waals surface area contributed by atoms with E-state index < -0.39 is 43.5 Å². The van der Waals surface area contributed by atoms with E-state index in [0.717, 1.165) is 0 Å². The highest BCUT2D eigenvalue weighted by atomic mass is 19.5. The fraction of sp³-hybridized carbons (Fsp3) is 0.250. The van der Waals surface area contributed by atoms with Gasteiger partial charge < -0.3 is 108 Å². The molecule has 0 atom stereocenters. The molecule has 0 spiro atoms. The molecule has 0 aliphatic heterocycles. The average Bonchev–Trinajstić information content (AvgIpc) is 2.76. The van der Waals surface area contributed by atoms with Gasteiger partial charge in [0.1, 0.15) is 0 Å². The molecular weight excluding hydrogens is 597 g/mol. The molecule has 0 N–H and O–H groups in total. The van der Waals surface area contributed by atoms with E-state index in [9.17, 15) is 104 Å². The lowest BCUT2D eigenvalue weighted by molar-refractivity contribution is 0.366. The quantitative estimate of drug-likeness (QED) is 0.216. The van der Waals surface area contributed by atoms with Crippen LogP contribution in [0, 0.1) is 0 Å². The summed E-state index contributed by atoms with van der Waals surface area (Å²) in [7, 11) is -34.1. The molecule has 0 aliphatic carbocycles. The van der Waals surface area contributed by atoms with Gasteiger partial charge in [-0.25, -0.2) is 4.98 Å². The SMILES string of the molecule is Cn1ccnc1.F[B-](F)(F)F.F[B-](F)(F)F.F[B-](F)(F)F.F[B-](F)(F)F.F[B-](F)(F)F.F[B-](F)(F)F. The normalized spacial score (nSPS) is 11.5. The second-order valence-corrected chi connectivity index (χ2v) is 4.20. The number of nitrogens with zero attached hydrogens (tertiary/aromatic N) is 2. The highest BCUT2D eigenvalue weighted by Gasteiger charge is 2.22. The summed E-state index contributed by atoms with van der Waals surface area (Å²) in [5.74, 6) is 0. The standard InChI is InChI=1S/C4H6N2.6BF4/c1-6-3-2-5-4-6;6*2-1(3,4)5/h2-4H,1H3;;;;;;/q;6*-1. The van der Waals surface area contributed by atoms with Gasteiger partial charge in [-0.3, -0.25) is 0 Å². The first-order valence-corrected chi connectivity index (χ1v) is 7.05. The minimum Gasteiger partial charge on any atom is -0.418 e. The van der Waals surface area contributed by atoms with E-state index in [4.69, 9.17) is 0 Å². The summed E-state index contributed by atoms with van der Waals surface area (Å²) < 4.78 is 236. The van der Waals surface area contributed by atoms with Crippen molar-refractivity contribution in [1.29, 1.82) is 0 Å². The van der Waals surface area contributed by atoms with Crippen LogP contribution < -0.4 is 0 Å². The molecule has 0 fully saturated rings. The van der Waals surface area contributed by atoms with Crippen molar-refractivity contribution in [2.24, 2.45) is 7.05 Å². The summed E-state index contributed by atoms with van der Waals surface area (Å²) in [6, 6.07) is 0. The Balaban J connectivity index is -0.0000000731. The molecule has 1 aromatic heterocycles. The van der Waals surface area contributed by atoms with E-state index in [-0.39, 0.29) is 0 Å². The third kappa shape index (κ3) is 1260. The molecule has 0 saturated carbocycles. The molecule has 32 heteroatoms. The molecule has 0 amide bonds. The van der Waals surface area contributed by atoms with Crippen LogP contribution in [0.25, 0.3) is 0 Å². The van der Waals surface area contributed by atoms with E-state index in [1.165, 1.54) is 0 Å². The predicted octanol–water partition coefficient (Wildman–Crippen LogP) is 8.22. The van der Waals surface area contributed by atoms with Crippen LogP contribution in [0.5, 0.6) is 0 Å².